The minimum atomic E-state index is -0.986. The minimum Gasteiger partial charge on any atom is -0.506 e. The molecule has 2 aromatic carbocycles. The monoisotopic (exact) mass is 576 g/mol. The fourth-order valence-electron chi connectivity index (χ4n) is 4.26. The molecule has 3 N–H and O–H groups in total. The standard InChI is InChI=1S/C30H33FN6O3S/c1-3-32-19-24(38)17-21(2)25-10-9-23(18-26(25)31)30(40)37-15-13-36(14-16-37)28-12-11-27(33-34-28)29(39)35-41-20-22-7-5-4-6-8-22/h4-12,17-19,30,38,40H,2-3,13-16,20H2,1H3,(H,35,39)/b24-17+,32-19?. The van der Waals surface area contributed by atoms with Gasteiger partial charge < -0.3 is 15.1 Å². The zero-order valence-electron chi connectivity index (χ0n) is 22.8. The van der Waals surface area contributed by atoms with E-state index < -0.39 is 12.0 Å². The van der Waals surface area contributed by atoms with Crippen LogP contribution in [0.5, 0.6) is 0 Å². The van der Waals surface area contributed by atoms with Gasteiger partial charge in [-0.3, -0.25) is 19.4 Å². The number of anilines is 1. The molecule has 2 heterocycles. The lowest BCUT2D eigenvalue weighted by molar-refractivity contribution is -0.00191. The summed E-state index contributed by atoms with van der Waals surface area (Å²) in [5.41, 5.74) is 2.30. The number of piperazine rings is 1. The number of benzene rings is 2. The lowest BCUT2D eigenvalue weighted by Gasteiger charge is -2.37. The molecular formula is C30H33FN6O3S. The van der Waals surface area contributed by atoms with E-state index in [4.69, 9.17) is 0 Å². The zero-order valence-corrected chi connectivity index (χ0v) is 23.6. The molecule has 4 rings (SSSR count). The first-order valence-electron chi connectivity index (χ1n) is 13.2. The summed E-state index contributed by atoms with van der Waals surface area (Å²) in [6.45, 7) is 8.37. The molecule has 0 bridgehead atoms. The molecule has 1 aromatic heterocycles. The quantitative estimate of drug-likeness (QED) is 0.132. The van der Waals surface area contributed by atoms with E-state index in [-0.39, 0.29) is 22.9 Å². The molecule has 41 heavy (non-hydrogen) atoms. The summed E-state index contributed by atoms with van der Waals surface area (Å²) >= 11 is 1.30. The van der Waals surface area contributed by atoms with Crippen molar-refractivity contribution in [1.29, 1.82) is 0 Å². The number of nitrogens with zero attached hydrogens (tertiary/aromatic N) is 5. The molecule has 1 amide bonds. The van der Waals surface area contributed by atoms with Crippen LogP contribution >= 0.6 is 11.9 Å². The lowest BCUT2D eigenvalue weighted by Crippen LogP contribution is -2.48. The van der Waals surface area contributed by atoms with Crippen LogP contribution in [0.2, 0.25) is 0 Å². The lowest BCUT2D eigenvalue weighted by atomic mass is 10.0. The minimum absolute atomic E-state index is 0.112. The molecular weight excluding hydrogens is 543 g/mol. The number of aliphatic hydroxyl groups is 2. The van der Waals surface area contributed by atoms with Crippen LogP contribution in [0.25, 0.3) is 5.57 Å². The Kier molecular flexibility index (Phi) is 10.6. The second kappa shape index (κ2) is 14.5. The number of halogens is 1. The van der Waals surface area contributed by atoms with E-state index >= 15 is 0 Å². The smallest absolute Gasteiger partial charge is 0.281 e. The summed E-state index contributed by atoms with van der Waals surface area (Å²) in [5.74, 6) is 0.329. The molecule has 1 atom stereocenters. The SMILES string of the molecule is C=C(/C=C(/O)C=NCC)c1ccc(C(O)N2CCN(c3ccc(C(=O)NSCc4ccccc4)nn3)CC2)cc1F. The topological polar surface area (TPSA) is 114 Å². The van der Waals surface area contributed by atoms with Gasteiger partial charge in [-0.25, -0.2) is 4.39 Å². The Bertz CT molecular complexity index is 1390. The number of aliphatic imine (C=N–C) groups is 1. The first kappa shape index (κ1) is 29.9. The van der Waals surface area contributed by atoms with Crippen LogP contribution in [0.4, 0.5) is 10.2 Å². The Morgan fingerprint density at radius 1 is 1.15 bits per heavy atom. The largest absolute Gasteiger partial charge is 0.506 e. The third-order valence-corrected chi connectivity index (χ3v) is 7.29. The molecule has 3 aromatic rings. The van der Waals surface area contributed by atoms with E-state index in [9.17, 15) is 19.4 Å². The molecule has 0 saturated carbocycles. The van der Waals surface area contributed by atoms with Crippen molar-refractivity contribution in [2.75, 3.05) is 37.6 Å². The fraction of sp³-hybridized carbons (Fsp3) is 0.267. The van der Waals surface area contributed by atoms with Gasteiger partial charge in [-0.1, -0.05) is 49.0 Å². The summed E-state index contributed by atoms with van der Waals surface area (Å²) in [6, 6.07) is 17.7. The highest BCUT2D eigenvalue weighted by molar-refractivity contribution is 7.97. The van der Waals surface area contributed by atoms with E-state index in [2.05, 4.69) is 26.5 Å². The molecule has 0 aliphatic carbocycles. The molecule has 214 valence electrons. The molecule has 11 heteroatoms. The summed E-state index contributed by atoms with van der Waals surface area (Å²) in [6.07, 6.45) is 1.66. The van der Waals surface area contributed by atoms with Crippen molar-refractivity contribution >= 4 is 35.5 Å². The summed E-state index contributed by atoms with van der Waals surface area (Å²) in [4.78, 5) is 20.2. The average Bonchev–Trinajstić information content (AvgIpc) is 3.00. The Labute approximate surface area is 243 Å². The summed E-state index contributed by atoms with van der Waals surface area (Å²) in [7, 11) is 0. The molecule has 1 aliphatic rings. The van der Waals surface area contributed by atoms with Crippen molar-refractivity contribution in [3.05, 3.63) is 107 Å². The van der Waals surface area contributed by atoms with Gasteiger partial charge in [0, 0.05) is 44.0 Å². The van der Waals surface area contributed by atoms with Crippen molar-refractivity contribution in [2.24, 2.45) is 4.99 Å². The molecule has 0 radical (unpaired) electrons. The highest BCUT2D eigenvalue weighted by Gasteiger charge is 2.25. The number of hydrogen-bond acceptors (Lipinski definition) is 9. The Morgan fingerprint density at radius 3 is 2.56 bits per heavy atom. The van der Waals surface area contributed by atoms with Gasteiger partial charge in [-0.2, -0.15) is 0 Å². The maximum absolute atomic E-state index is 14.9. The number of nitrogens with one attached hydrogen (secondary N) is 1. The van der Waals surface area contributed by atoms with Gasteiger partial charge >= 0.3 is 0 Å². The van der Waals surface area contributed by atoms with Crippen LogP contribution < -0.4 is 9.62 Å². The number of allylic oxidation sites excluding steroid dienone is 3. The van der Waals surface area contributed by atoms with Crippen LogP contribution in [0.3, 0.4) is 0 Å². The van der Waals surface area contributed by atoms with Crippen LogP contribution in [0.15, 0.2) is 84.1 Å². The second-order valence-electron chi connectivity index (χ2n) is 9.34. The maximum atomic E-state index is 14.9. The third kappa shape index (κ3) is 8.23. The van der Waals surface area contributed by atoms with Gasteiger partial charge in [0.25, 0.3) is 5.91 Å². The number of carbonyl (C=O) groups excluding carboxylic acids is 1. The Balaban J connectivity index is 1.28. The van der Waals surface area contributed by atoms with E-state index in [0.29, 0.717) is 55.4 Å². The van der Waals surface area contributed by atoms with Gasteiger partial charge in [-0.05, 0) is 59.8 Å². The van der Waals surface area contributed by atoms with Crippen molar-refractivity contribution in [1.82, 2.24) is 19.8 Å². The normalized spacial score (nSPS) is 15.2. The summed E-state index contributed by atoms with van der Waals surface area (Å²) < 4.78 is 17.6. The first-order valence-corrected chi connectivity index (χ1v) is 14.2. The number of hydrogen-bond donors (Lipinski definition) is 3. The van der Waals surface area contributed by atoms with E-state index in [1.165, 1.54) is 30.3 Å². The van der Waals surface area contributed by atoms with Crippen LogP contribution in [-0.4, -0.2) is 70.2 Å². The highest BCUT2D eigenvalue weighted by Crippen LogP contribution is 2.26. The van der Waals surface area contributed by atoms with Crippen molar-refractivity contribution < 1.29 is 19.4 Å². The number of aromatic nitrogens is 2. The Morgan fingerprint density at radius 2 is 1.90 bits per heavy atom. The first-order chi connectivity index (χ1) is 19.9. The number of carbonyl (C=O) groups is 1. The van der Waals surface area contributed by atoms with Gasteiger partial charge in [0.2, 0.25) is 0 Å². The highest BCUT2D eigenvalue weighted by atomic mass is 32.2. The van der Waals surface area contributed by atoms with Gasteiger partial charge in [-0.15, -0.1) is 10.2 Å². The maximum Gasteiger partial charge on any atom is 0.281 e. The van der Waals surface area contributed by atoms with Crippen LogP contribution in [-0.2, 0) is 5.75 Å². The molecule has 1 unspecified atom stereocenters. The average molecular weight is 577 g/mol. The number of amides is 1. The van der Waals surface area contributed by atoms with Crippen molar-refractivity contribution in [3.8, 4) is 0 Å². The predicted octanol–water partition coefficient (Wildman–Crippen LogP) is 4.55. The fourth-order valence-corrected chi connectivity index (χ4v) is 4.93. The van der Waals surface area contributed by atoms with E-state index in [1.54, 1.807) is 24.3 Å². The van der Waals surface area contributed by atoms with Crippen LogP contribution in [0.1, 0.15) is 40.3 Å². The summed E-state index contributed by atoms with van der Waals surface area (Å²) in [5, 5.41) is 29.1. The van der Waals surface area contributed by atoms with E-state index in [0.717, 1.165) is 5.56 Å². The number of rotatable bonds is 11. The molecule has 1 fully saturated rings. The molecule has 1 saturated heterocycles. The van der Waals surface area contributed by atoms with E-state index in [1.807, 2.05) is 47.1 Å². The van der Waals surface area contributed by atoms with Crippen LogP contribution in [0, 0.1) is 5.82 Å². The van der Waals surface area contributed by atoms with Crippen molar-refractivity contribution in [2.45, 2.75) is 18.9 Å². The molecule has 9 nitrogen and oxygen atoms in total. The number of aliphatic hydroxyl groups excluding tert-OH is 2. The Hall–Kier alpha value is -4.06. The molecule has 1 aliphatic heterocycles. The third-order valence-electron chi connectivity index (χ3n) is 6.48. The van der Waals surface area contributed by atoms with Crippen molar-refractivity contribution in [3.63, 3.8) is 0 Å². The van der Waals surface area contributed by atoms with Gasteiger partial charge in [0.15, 0.2) is 11.5 Å². The zero-order chi connectivity index (χ0) is 29.2. The predicted molar refractivity (Wildman–Crippen MR) is 161 cm³/mol. The second-order valence-corrected chi connectivity index (χ2v) is 10.1. The van der Waals surface area contributed by atoms with Gasteiger partial charge in [0.1, 0.15) is 17.8 Å². The molecule has 0 spiro atoms. The van der Waals surface area contributed by atoms with Gasteiger partial charge in [0.05, 0.1) is 6.21 Å².